The van der Waals surface area contributed by atoms with Crippen LogP contribution in [0.1, 0.15) is 5.69 Å². The predicted octanol–water partition coefficient (Wildman–Crippen LogP) is 2.66. The topological polar surface area (TPSA) is 60.9 Å². The summed E-state index contributed by atoms with van der Waals surface area (Å²) < 4.78 is 6.35. The summed E-state index contributed by atoms with van der Waals surface area (Å²) in [5, 5.41) is 6.59. The van der Waals surface area contributed by atoms with Crippen LogP contribution in [0.4, 0.5) is 0 Å². The van der Waals surface area contributed by atoms with E-state index in [1.165, 1.54) is 22.2 Å². The van der Waals surface area contributed by atoms with Crippen LogP contribution in [0.3, 0.4) is 0 Å². The minimum Gasteiger partial charge on any atom is -0.387 e. The first-order valence-electron chi connectivity index (χ1n) is 5.44. The number of thiophene rings is 1. The van der Waals surface area contributed by atoms with Crippen molar-refractivity contribution >= 4 is 22.9 Å². The van der Waals surface area contributed by atoms with E-state index < -0.39 is 5.76 Å². The Morgan fingerprint density at radius 3 is 2.95 bits per heavy atom. The zero-order valence-electron chi connectivity index (χ0n) is 9.62. The Balaban J connectivity index is 1.90. The van der Waals surface area contributed by atoms with Gasteiger partial charge in [-0.05, 0) is 23.6 Å². The first kappa shape index (κ1) is 12.1. The van der Waals surface area contributed by atoms with Gasteiger partial charge in [-0.2, -0.15) is 4.68 Å². The van der Waals surface area contributed by atoms with E-state index in [0.717, 1.165) is 4.88 Å². The molecule has 19 heavy (non-hydrogen) atoms. The minimum absolute atomic E-state index is 0.255. The lowest BCUT2D eigenvalue weighted by Gasteiger charge is -1.98. The van der Waals surface area contributed by atoms with Gasteiger partial charge in [-0.3, -0.25) is 4.98 Å². The molecule has 0 aliphatic carbocycles. The van der Waals surface area contributed by atoms with E-state index in [9.17, 15) is 4.79 Å². The van der Waals surface area contributed by atoms with Gasteiger partial charge >= 0.3 is 5.76 Å². The maximum Gasteiger partial charge on any atom is 0.437 e. The molecule has 0 N–H and O–H groups in total. The molecule has 0 radical (unpaired) electrons. The van der Waals surface area contributed by atoms with Crippen LogP contribution in [-0.4, -0.2) is 14.8 Å². The predicted molar refractivity (Wildman–Crippen MR) is 72.4 cm³/mol. The highest BCUT2D eigenvalue weighted by molar-refractivity contribution is 7.13. The quantitative estimate of drug-likeness (QED) is 0.745. The third-order valence-corrected chi connectivity index (χ3v) is 3.52. The summed E-state index contributed by atoms with van der Waals surface area (Å²) in [4.78, 5) is 16.6. The second kappa shape index (κ2) is 4.99. The molecule has 0 atom stereocenters. The van der Waals surface area contributed by atoms with Crippen molar-refractivity contribution in [3.63, 3.8) is 0 Å². The van der Waals surface area contributed by atoms with Gasteiger partial charge in [-0.15, -0.1) is 16.4 Å². The van der Waals surface area contributed by atoms with Crippen LogP contribution in [0.15, 0.2) is 45.1 Å². The standard InChI is InChI=1S/C12H8ClN3O2S/c13-8-3-4-9(14-6-8)7-16-12(17)18-11(15-16)10-2-1-5-19-10/h1-6H,7H2. The normalized spacial score (nSPS) is 10.8. The molecule has 0 aliphatic heterocycles. The lowest BCUT2D eigenvalue weighted by Crippen LogP contribution is -2.17. The number of pyridine rings is 1. The average Bonchev–Trinajstić information content (AvgIpc) is 3.03. The van der Waals surface area contributed by atoms with Crippen molar-refractivity contribution in [2.75, 3.05) is 0 Å². The number of aromatic nitrogens is 3. The maximum atomic E-state index is 11.7. The van der Waals surface area contributed by atoms with Crippen LogP contribution in [0.5, 0.6) is 0 Å². The van der Waals surface area contributed by atoms with Crippen molar-refractivity contribution < 1.29 is 4.42 Å². The summed E-state index contributed by atoms with van der Waals surface area (Å²) in [6.07, 6.45) is 1.53. The molecular formula is C12H8ClN3O2S. The van der Waals surface area contributed by atoms with Crippen LogP contribution < -0.4 is 5.76 Å². The molecule has 0 saturated heterocycles. The van der Waals surface area contributed by atoms with Crippen molar-refractivity contribution in [1.29, 1.82) is 0 Å². The van der Waals surface area contributed by atoms with E-state index in [-0.39, 0.29) is 6.54 Å². The Bertz CT molecular complexity index is 731. The fourth-order valence-corrected chi connectivity index (χ4v) is 2.32. The van der Waals surface area contributed by atoms with E-state index >= 15 is 0 Å². The van der Waals surface area contributed by atoms with E-state index in [1.54, 1.807) is 12.1 Å². The highest BCUT2D eigenvalue weighted by Gasteiger charge is 2.11. The molecule has 0 fully saturated rings. The lowest BCUT2D eigenvalue weighted by atomic mass is 10.3. The molecule has 0 amide bonds. The summed E-state index contributed by atoms with van der Waals surface area (Å²) in [5.41, 5.74) is 0.692. The van der Waals surface area contributed by atoms with Gasteiger partial charge in [0.15, 0.2) is 0 Å². The molecule has 0 unspecified atom stereocenters. The Morgan fingerprint density at radius 1 is 1.37 bits per heavy atom. The van der Waals surface area contributed by atoms with Gasteiger partial charge in [0.1, 0.15) is 0 Å². The Hall–Kier alpha value is -1.92. The van der Waals surface area contributed by atoms with Gasteiger partial charge in [0.05, 0.1) is 22.1 Å². The Kier molecular flexibility index (Phi) is 3.18. The molecule has 0 bridgehead atoms. The number of halogens is 1. The minimum atomic E-state index is -0.500. The molecule has 3 heterocycles. The van der Waals surface area contributed by atoms with Gasteiger partial charge in [0.2, 0.25) is 0 Å². The number of nitrogens with zero attached hydrogens (tertiary/aromatic N) is 3. The van der Waals surface area contributed by atoms with Gasteiger partial charge in [0.25, 0.3) is 5.89 Å². The second-order valence-corrected chi connectivity index (χ2v) is 5.16. The summed E-state index contributed by atoms with van der Waals surface area (Å²) in [7, 11) is 0. The van der Waals surface area contributed by atoms with Crippen molar-refractivity contribution in [3.05, 3.63) is 57.1 Å². The third kappa shape index (κ3) is 2.59. The summed E-state index contributed by atoms with van der Waals surface area (Å²) in [5.74, 6) is -0.172. The third-order valence-electron chi connectivity index (χ3n) is 2.44. The van der Waals surface area contributed by atoms with Gasteiger partial charge < -0.3 is 4.42 Å². The van der Waals surface area contributed by atoms with E-state index in [1.807, 2.05) is 17.5 Å². The largest absolute Gasteiger partial charge is 0.437 e. The molecule has 5 nitrogen and oxygen atoms in total. The molecule has 3 rings (SSSR count). The summed E-state index contributed by atoms with van der Waals surface area (Å²) >= 11 is 7.22. The monoisotopic (exact) mass is 293 g/mol. The zero-order valence-corrected chi connectivity index (χ0v) is 11.2. The van der Waals surface area contributed by atoms with E-state index in [4.69, 9.17) is 16.0 Å². The molecule has 96 valence electrons. The zero-order chi connectivity index (χ0) is 13.2. The van der Waals surface area contributed by atoms with E-state index in [0.29, 0.717) is 16.6 Å². The molecule has 0 spiro atoms. The molecule has 3 aromatic rings. The van der Waals surface area contributed by atoms with Crippen molar-refractivity contribution in [1.82, 2.24) is 14.8 Å². The molecule has 0 saturated carbocycles. The smallest absolute Gasteiger partial charge is 0.387 e. The summed E-state index contributed by atoms with van der Waals surface area (Å²) in [6, 6.07) is 7.18. The van der Waals surface area contributed by atoms with Crippen LogP contribution in [-0.2, 0) is 6.54 Å². The van der Waals surface area contributed by atoms with Crippen molar-refractivity contribution in [2.45, 2.75) is 6.54 Å². The van der Waals surface area contributed by atoms with Gasteiger partial charge in [-0.25, -0.2) is 4.79 Å². The number of hydrogen-bond acceptors (Lipinski definition) is 5. The van der Waals surface area contributed by atoms with Crippen molar-refractivity contribution in [2.24, 2.45) is 0 Å². The molecular weight excluding hydrogens is 286 g/mol. The fraction of sp³-hybridized carbons (Fsp3) is 0.0833. The highest BCUT2D eigenvalue weighted by atomic mass is 35.5. The molecule has 7 heteroatoms. The van der Waals surface area contributed by atoms with Crippen LogP contribution in [0.25, 0.3) is 10.8 Å². The van der Waals surface area contributed by atoms with Gasteiger partial charge in [-0.1, -0.05) is 17.7 Å². The first-order valence-corrected chi connectivity index (χ1v) is 6.70. The number of hydrogen-bond donors (Lipinski definition) is 0. The highest BCUT2D eigenvalue weighted by Crippen LogP contribution is 2.21. The van der Waals surface area contributed by atoms with Crippen LogP contribution >= 0.6 is 22.9 Å². The molecule has 0 aromatic carbocycles. The molecule has 0 aliphatic rings. The van der Waals surface area contributed by atoms with Crippen LogP contribution in [0.2, 0.25) is 5.02 Å². The second-order valence-electron chi connectivity index (χ2n) is 3.78. The van der Waals surface area contributed by atoms with Gasteiger partial charge in [0, 0.05) is 6.20 Å². The van der Waals surface area contributed by atoms with Crippen LogP contribution in [0, 0.1) is 0 Å². The SMILES string of the molecule is O=c1oc(-c2cccs2)nn1Cc1ccc(Cl)cn1. The Morgan fingerprint density at radius 2 is 2.26 bits per heavy atom. The Labute approximate surface area is 117 Å². The average molecular weight is 294 g/mol. The fourth-order valence-electron chi connectivity index (χ4n) is 1.56. The molecule has 3 aromatic heterocycles. The first-order chi connectivity index (χ1) is 9.22. The maximum absolute atomic E-state index is 11.7. The summed E-state index contributed by atoms with van der Waals surface area (Å²) in [6.45, 7) is 0.255. The number of rotatable bonds is 3. The van der Waals surface area contributed by atoms with Crippen molar-refractivity contribution in [3.8, 4) is 10.8 Å². The lowest BCUT2D eigenvalue weighted by molar-refractivity contribution is 0.494. The van der Waals surface area contributed by atoms with E-state index in [2.05, 4.69) is 10.1 Å².